The van der Waals surface area contributed by atoms with Crippen molar-refractivity contribution in [2.24, 2.45) is 0 Å². The normalized spacial score (nSPS) is 12.8. The van der Waals surface area contributed by atoms with Crippen molar-refractivity contribution in [2.75, 3.05) is 0 Å². The van der Waals surface area contributed by atoms with Gasteiger partial charge in [0.25, 0.3) is 0 Å². The molecule has 72 valence electrons. The highest BCUT2D eigenvalue weighted by atomic mass is 35.5. The van der Waals surface area contributed by atoms with E-state index in [4.69, 9.17) is 16.7 Å². The average Bonchev–Trinajstić information content (AvgIpc) is 2.47. The number of hydrogen-bond donors (Lipinski definition) is 2. The monoisotopic (exact) mass is 219 g/mol. The Balaban J connectivity index is 2.39. The molecule has 0 radical (unpaired) electrons. The van der Waals surface area contributed by atoms with Crippen molar-refractivity contribution in [3.8, 4) is 0 Å². The fraction of sp³-hybridized carbons (Fsp3) is 0.375. The summed E-state index contributed by atoms with van der Waals surface area (Å²) in [5, 5.41) is 14.0. The molecule has 1 rings (SSSR count). The fourth-order valence-electron chi connectivity index (χ4n) is 0.788. The third kappa shape index (κ3) is 3.34. The van der Waals surface area contributed by atoms with Gasteiger partial charge in [0.1, 0.15) is 6.04 Å². The molecule has 0 aliphatic carbocycles. The highest BCUT2D eigenvalue weighted by Crippen LogP contribution is 2.18. The number of halogens is 1. The van der Waals surface area contributed by atoms with E-state index >= 15 is 0 Å². The zero-order chi connectivity index (χ0) is 9.84. The molecule has 13 heavy (non-hydrogen) atoms. The minimum absolute atomic E-state index is 0.527. The lowest BCUT2D eigenvalue weighted by Crippen LogP contribution is -2.32. The fourth-order valence-corrected chi connectivity index (χ4v) is 1.81. The van der Waals surface area contributed by atoms with Crippen LogP contribution < -0.4 is 5.32 Å². The van der Waals surface area contributed by atoms with Gasteiger partial charge in [0.15, 0.2) is 0 Å². The quantitative estimate of drug-likeness (QED) is 0.814. The number of thiophene rings is 1. The average molecular weight is 220 g/mol. The first-order chi connectivity index (χ1) is 6.09. The third-order valence-electron chi connectivity index (χ3n) is 1.57. The minimum atomic E-state index is -0.845. The van der Waals surface area contributed by atoms with Crippen molar-refractivity contribution in [2.45, 2.75) is 19.5 Å². The molecule has 1 heterocycles. The highest BCUT2D eigenvalue weighted by molar-refractivity contribution is 7.10. The van der Waals surface area contributed by atoms with E-state index in [1.165, 1.54) is 11.3 Å². The van der Waals surface area contributed by atoms with E-state index in [0.29, 0.717) is 11.6 Å². The molecule has 0 amide bonds. The van der Waals surface area contributed by atoms with E-state index in [-0.39, 0.29) is 0 Å². The molecule has 1 unspecified atom stereocenters. The Labute approximate surface area is 85.3 Å². The van der Waals surface area contributed by atoms with Gasteiger partial charge >= 0.3 is 5.97 Å². The van der Waals surface area contributed by atoms with E-state index < -0.39 is 12.0 Å². The van der Waals surface area contributed by atoms with Crippen LogP contribution in [0.4, 0.5) is 0 Å². The third-order valence-corrected chi connectivity index (χ3v) is 2.86. The van der Waals surface area contributed by atoms with Gasteiger partial charge in [0.2, 0.25) is 0 Å². The van der Waals surface area contributed by atoms with Gasteiger partial charge in [-0.3, -0.25) is 10.1 Å². The van der Waals surface area contributed by atoms with Crippen LogP contribution in [0.2, 0.25) is 5.02 Å². The first-order valence-electron chi connectivity index (χ1n) is 3.78. The van der Waals surface area contributed by atoms with Crippen LogP contribution >= 0.6 is 22.9 Å². The Hall–Kier alpha value is -0.580. The highest BCUT2D eigenvalue weighted by Gasteiger charge is 2.09. The summed E-state index contributed by atoms with van der Waals surface area (Å²) >= 11 is 7.22. The second-order valence-electron chi connectivity index (χ2n) is 2.67. The van der Waals surface area contributed by atoms with Crippen LogP contribution in [0, 0.1) is 0 Å². The van der Waals surface area contributed by atoms with Crippen LogP contribution in [0.15, 0.2) is 11.4 Å². The lowest BCUT2D eigenvalue weighted by Gasteiger charge is -2.06. The molecular formula is C8H10ClNO2S. The van der Waals surface area contributed by atoms with Gasteiger partial charge in [-0.2, -0.15) is 0 Å². The molecule has 0 aliphatic heterocycles. The summed E-state index contributed by atoms with van der Waals surface area (Å²) in [4.78, 5) is 11.5. The molecule has 0 spiro atoms. The van der Waals surface area contributed by atoms with Crippen LogP contribution in [-0.2, 0) is 11.3 Å². The van der Waals surface area contributed by atoms with Gasteiger partial charge in [0.05, 0.1) is 5.02 Å². The van der Waals surface area contributed by atoms with Gasteiger partial charge in [-0.25, -0.2) is 0 Å². The van der Waals surface area contributed by atoms with Crippen molar-refractivity contribution in [3.63, 3.8) is 0 Å². The van der Waals surface area contributed by atoms with Crippen LogP contribution in [0.3, 0.4) is 0 Å². The molecule has 0 bridgehead atoms. The number of aliphatic carboxylic acids is 1. The maximum atomic E-state index is 10.4. The minimum Gasteiger partial charge on any atom is -0.480 e. The SMILES string of the molecule is CC(NCc1cc(Cl)cs1)C(=O)O. The summed E-state index contributed by atoms with van der Waals surface area (Å²) in [6.45, 7) is 2.16. The Kier molecular flexibility index (Phi) is 3.71. The molecular weight excluding hydrogens is 210 g/mol. The molecule has 0 saturated carbocycles. The predicted molar refractivity (Wildman–Crippen MR) is 53.3 cm³/mol. The number of hydrogen-bond acceptors (Lipinski definition) is 3. The van der Waals surface area contributed by atoms with Crippen LogP contribution in [0.1, 0.15) is 11.8 Å². The molecule has 1 aromatic heterocycles. The Morgan fingerprint density at radius 3 is 3.00 bits per heavy atom. The van der Waals surface area contributed by atoms with Gasteiger partial charge in [-0.15, -0.1) is 11.3 Å². The second-order valence-corrected chi connectivity index (χ2v) is 4.10. The first kappa shape index (κ1) is 10.5. The number of carboxylic acids is 1. The van der Waals surface area contributed by atoms with Crippen molar-refractivity contribution in [1.29, 1.82) is 0 Å². The van der Waals surface area contributed by atoms with Crippen LogP contribution in [-0.4, -0.2) is 17.1 Å². The predicted octanol–water partition coefficient (Wildman–Crippen LogP) is 1.96. The van der Waals surface area contributed by atoms with E-state index in [0.717, 1.165) is 4.88 Å². The molecule has 0 saturated heterocycles. The number of carbonyl (C=O) groups is 1. The van der Waals surface area contributed by atoms with Gasteiger partial charge in [0, 0.05) is 16.8 Å². The molecule has 1 aromatic rings. The van der Waals surface area contributed by atoms with Gasteiger partial charge in [-0.05, 0) is 13.0 Å². The lowest BCUT2D eigenvalue weighted by atomic mass is 10.3. The second kappa shape index (κ2) is 4.60. The van der Waals surface area contributed by atoms with E-state index in [9.17, 15) is 4.79 Å². The van der Waals surface area contributed by atoms with Crippen molar-refractivity contribution < 1.29 is 9.90 Å². The standard InChI is InChI=1S/C8H10ClNO2S/c1-5(8(11)12)10-3-7-2-6(9)4-13-7/h2,4-5,10H,3H2,1H3,(H,11,12). The van der Waals surface area contributed by atoms with Crippen molar-refractivity contribution in [1.82, 2.24) is 5.32 Å². The van der Waals surface area contributed by atoms with E-state index in [1.54, 1.807) is 6.92 Å². The summed E-state index contributed by atoms with van der Waals surface area (Å²) in [6, 6.07) is 1.30. The number of nitrogens with one attached hydrogen (secondary N) is 1. The molecule has 2 N–H and O–H groups in total. The molecule has 0 fully saturated rings. The van der Waals surface area contributed by atoms with Gasteiger partial charge < -0.3 is 5.11 Å². The summed E-state index contributed by atoms with van der Waals surface area (Å²) in [5.41, 5.74) is 0. The summed E-state index contributed by atoms with van der Waals surface area (Å²) in [7, 11) is 0. The Bertz CT molecular complexity index is 300. The smallest absolute Gasteiger partial charge is 0.320 e. The first-order valence-corrected chi connectivity index (χ1v) is 5.04. The summed E-state index contributed by atoms with van der Waals surface area (Å²) in [6.07, 6.45) is 0. The Morgan fingerprint density at radius 1 is 1.85 bits per heavy atom. The molecule has 5 heteroatoms. The zero-order valence-electron chi connectivity index (χ0n) is 7.08. The van der Waals surface area contributed by atoms with Crippen LogP contribution in [0.5, 0.6) is 0 Å². The molecule has 0 aliphatic rings. The zero-order valence-corrected chi connectivity index (χ0v) is 8.65. The summed E-state index contributed by atoms with van der Waals surface area (Å²) < 4.78 is 0. The maximum Gasteiger partial charge on any atom is 0.320 e. The Morgan fingerprint density at radius 2 is 2.54 bits per heavy atom. The molecule has 1 atom stereocenters. The largest absolute Gasteiger partial charge is 0.480 e. The van der Waals surface area contributed by atoms with Crippen LogP contribution in [0.25, 0.3) is 0 Å². The molecule has 0 aromatic carbocycles. The van der Waals surface area contributed by atoms with Crippen molar-refractivity contribution >= 4 is 28.9 Å². The van der Waals surface area contributed by atoms with E-state index in [1.807, 2.05) is 11.4 Å². The topological polar surface area (TPSA) is 49.3 Å². The van der Waals surface area contributed by atoms with E-state index in [2.05, 4.69) is 5.32 Å². The number of rotatable bonds is 4. The summed E-state index contributed by atoms with van der Waals surface area (Å²) in [5.74, 6) is -0.845. The number of carboxylic acid groups (broad SMARTS) is 1. The van der Waals surface area contributed by atoms with Gasteiger partial charge in [-0.1, -0.05) is 11.6 Å². The lowest BCUT2D eigenvalue weighted by molar-refractivity contribution is -0.139. The molecule has 3 nitrogen and oxygen atoms in total. The maximum absolute atomic E-state index is 10.4. The van der Waals surface area contributed by atoms with Crippen molar-refractivity contribution in [3.05, 3.63) is 21.3 Å².